The molecule has 1 aromatic carbocycles. The van der Waals surface area contributed by atoms with Crippen LogP contribution < -0.4 is 10.6 Å². The molecule has 0 bridgehead atoms. The quantitative estimate of drug-likeness (QED) is 0.556. The van der Waals surface area contributed by atoms with Crippen molar-refractivity contribution in [1.29, 1.82) is 0 Å². The highest BCUT2D eigenvalue weighted by Gasteiger charge is 2.38. The fourth-order valence-electron chi connectivity index (χ4n) is 2.72. The predicted molar refractivity (Wildman–Crippen MR) is 107 cm³/mol. The molecule has 0 aromatic heterocycles. The molecule has 1 aromatic rings. The van der Waals surface area contributed by atoms with E-state index >= 15 is 0 Å². The molecule has 26 heavy (non-hydrogen) atoms. The maximum atomic E-state index is 12.5. The Bertz CT molecular complexity index is 753. The van der Waals surface area contributed by atoms with Crippen LogP contribution in [0.25, 0.3) is 0 Å². The maximum Gasteiger partial charge on any atom is 0.252 e. The molecule has 1 fully saturated rings. The molecule has 1 saturated heterocycles. The largest absolute Gasteiger partial charge is 0.333 e. The van der Waals surface area contributed by atoms with Crippen molar-refractivity contribution in [3.05, 3.63) is 35.4 Å². The van der Waals surface area contributed by atoms with Gasteiger partial charge in [0.1, 0.15) is 6.17 Å². The van der Waals surface area contributed by atoms with Crippen LogP contribution in [0.5, 0.6) is 0 Å². The van der Waals surface area contributed by atoms with Crippen molar-refractivity contribution in [2.45, 2.75) is 48.6 Å². The molecule has 2 N–H and O–H groups in total. The SMILES string of the molecule is CC(C)(C)c1ccc(C(=O)N[C@H](N[C@H]2CCS(=O)(=O)C2)C(Cl)(Cl)Cl)cc1. The van der Waals surface area contributed by atoms with Crippen molar-refractivity contribution in [3.63, 3.8) is 0 Å². The highest BCUT2D eigenvalue weighted by atomic mass is 35.6. The summed E-state index contributed by atoms with van der Waals surface area (Å²) >= 11 is 17.9. The van der Waals surface area contributed by atoms with Crippen molar-refractivity contribution in [3.8, 4) is 0 Å². The third-order valence-corrected chi connectivity index (χ3v) is 6.67. The van der Waals surface area contributed by atoms with Gasteiger partial charge >= 0.3 is 0 Å². The zero-order chi connectivity index (χ0) is 19.8. The van der Waals surface area contributed by atoms with Crippen LogP contribution in [0.2, 0.25) is 0 Å². The minimum Gasteiger partial charge on any atom is -0.333 e. The summed E-state index contributed by atoms with van der Waals surface area (Å²) in [5.41, 5.74) is 1.50. The molecule has 0 unspecified atom stereocenters. The van der Waals surface area contributed by atoms with E-state index in [1.165, 1.54) is 0 Å². The van der Waals surface area contributed by atoms with Crippen LogP contribution in [0, 0.1) is 0 Å². The fourth-order valence-corrected chi connectivity index (χ4v) is 4.76. The van der Waals surface area contributed by atoms with Crippen molar-refractivity contribution in [2.75, 3.05) is 11.5 Å². The van der Waals surface area contributed by atoms with Crippen LogP contribution >= 0.6 is 34.8 Å². The van der Waals surface area contributed by atoms with Crippen LogP contribution in [-0.4, -0.2) is 41.8 Å². The third-order valence-electron chi connectivity index (χ3n) is 4.25. The average molecular weight is 442 g/mol. The predicted octanol–water partition coefficient (Wildman–Crippen LogP) is 3.19. The van der Waals surface area contributed by atoms with Gasteiger partial charge in [-0.3, -0.25) is 10.1 Å². The van der Waals surface area contributed by atoms with Gasteiger partial charge in [-0.25, -0.2) is 8.42 Å². The topological polar surface area (TPSA) is 75.3 Å². The number of carbonyl (C=O) groups excluding carboxylic acids is 1. The smallest absolute Gasteiger partial charge is 0.252 e. The number of sulfone groups is 1. The summed E-state index contributed by atoms with van der Waals surface area (Å²) in [4.78, 5) is 12.5. The fraction of sp³-hybridized carbons (Fsp3) is 0.588. The summed E-state index contributed by atoms with van der Waals surface area (Å²) in [5.74, 6) is -0.366. The van der Waals surface area contributed by atoms with Gasteiger partial charge in [-0.2, -0.15) is 0 Å². The van der Waals surface area contributed by atoms with Crippen LogP contribution in [0.3, 0.4) is 0 Å². The van der Waals surface area contributed by atoms with E-state index in [0.29, 0.717) is 12.0 Å². The van der Waals surface area contributed by atoms with Crippen molar-refractivity contribution >= 4 is 50.5 Å². The van der Waals surface area contributed by atoms with Gasteiger partial charge in [0.15, 0.2) is 9.84 Å². The molecule has 0 saturated carbocycles. The number of benzene rings is 1. The Morgan fingerprint density at radius 2 is 1.73 bits per heavy atom. The molecule has 1 heterocycles. The first kappa shape index (κ1) is 21.8. The normalized spacial score (nSPS) is 21.4. The molecule has 146 valence electrons. The highest BCUT2D eigenvalue weighted by molar-refractivity contribution is 7.91. The van der Waals surface area contributed by atoms with Crippen LogP contribution in [-0.2, 0) is 15.3 Å². The Labute approximate surface area is 169 Å². The van der Waals surface area contributed by atoms with Gasteiger partial charge in [0.05, 0.1) is 11.5 Å². The number of hydrogen-bond donors (Lipinski definition) is 2. The van der Waals surface area contributed by atoms with Crippen molar-refractivity contribution < 1.29 is 13.2 Å². The lowest BCUT2D eigenvalue weighted by Gasteiger charge is -2.29. The van der Waals surface area contributed by atoms with E-state index in [4.69, 9.17) is 34.8 Å². The number of rotatable bonds is 4. The van der Waals surface area contributed by atoms with E-state index in [9.17, 15) is 13.2 Å². The number of nitrogens with one attached hydrogen (secondary N) is 2. The zero-order valence-corrected chi connectivity index (χ0v) is 17.9. The number of halogens is 3. The molecule has 2 atom stereocenters. The molecule has 1 amide bonds. The summed E-state index contributed by atoms with van der Waals surface area (Å²) in [6.45, 7) is 6.25. The van der Waals surface area contributed by atoms with Crippen molar-refractivity contribution in [1.82, 2.24) is 10.6 Å². The lowest BCUT2D eigenvalue weighted by atomic mass is 9.87. The van der Waals surface area contributed by atoms with Crippen LogP contribution in [0.1, 0.15) is 43.1 Å². The summed E-state index contributed by atoms with van der Waals surface area (Å²) in [7, 11) is -3.09. The second-order valence-electron chi connectivity index (χ2n) is 7.54. The number of carbonyl (C=O) groups is 1. The maximum absolute atomic E-state index is 12.5. The molecule has 0 radical (unpaired) electrons. The average Bonchev–Trinajstić information content (AvgIpc) is 2.84. The lowest BCUT2D eigenvalue weighted by Crippen LogP contribution is -2.56. The van der Waals surface area contributed by atoms with E-state index in [0.717, 1.165) is 5.56 Å². The van der Waals surface area contributed by atoms with Gasteiger partial charge in [0.2, 0.25) is 3.79 Å². The second-order valence-corrected chi connectivity index (χ2v) is 12.1. The first-order chi connectivity index (χ1) is 11.8. The van der Waals surface area contributed by atoms with Gasteiger partial charge in [-0.05, 0) is 29.5 Å². The molecule has 1 aliphatic heterocycles. The van der Waals surface area contributed by atoms with E-state index < -0.39 is 25.7 Å². The second kappa shape index (κ2) is 7.84. The molecule has 0 spiro atoms. The van der Waals surface area contributed by atoms with E-state index in [1.54, 1.807) is 12.1 Å². The summed E-state index contributed by atoms with van der Waals surface area (Å²) in [6, 6.07) is 6.83. The molecule has 5 nitrogen and oxygen atoms in total. The zero-order valence-electron chi connectivity index (χ0n) is 14.9. The number of amides is 1. The number of hydrogen-bond acceptors (Lipinski definition) is 4. The third kappa shape index (κ3) is 5.99. The van der Waals surface area contributed by atoms with E-state index in [-0.39, 0.29) is 23.0 Å². The standard InChI is InChI=1S/C17H23Cl3N2O3S/c1-16(2,3)12-6-4-11(5-7-12)14(23)22-15(17(18,19)20)21-13-8-9-26(24,25)10-13/h4-7,13,15,21H,8-10H2,1-3H3,(H,22,23)/t13-,15-/m0/s1. The Kier molecular flexibility index (Phi) is 6.56. The van der Waals surface area contributed by atoms with Gasteiger partial charge in [0.25, 0.3) is 5.91 Å². The molecule has 0 aliphatic carbocycles. The monoisotopic (exact) mass is 440 g/mol. The summed E-state index contributed by atoms with van der Waals surface area (Å²) in [5, 5.41) is 5.59. The minimum atomic E-state index is -3.09. The van der Waals surface area contributed by atoms with Gasteiger partial charge in [-0.15, -0.1) is 0 Å². The molecule has 9 heteroatoms. The molecular weight excluding hydrogens is 419 g/mol. The van der Waals surface area contributed by atoms with Gasteiger partial charge in [0, 0.05) is 11.6 Å². The van der Waals surface area contributed by atoms with Crippen LogP contribution in [0.15, 0.2) is 24.3 Å². The summed E-state index contributed by atoms with van der Waals surface area (Å²) < 4.78 is 21.4. The Morgan fingerprint density at radius 3 is 2.15 bits per heavy atom. The van der Waals surface area contributed by atoms with Gasteiger partial charge in [-0.1, -0.05) is 67.7 Å². The molecule has 2 rings (SSSR count). The number of alkyl halides is 3. The van der Waals surface area contributed by atoms with Crippen molar-refractivity contribution in [2.24, 2.45) is 0 Å². The molecule has 1 aliphatic rings. The van der Waals surface area contributed by atoms with Crippen LogP contribution in [0.4, 0.5) is 0 Å². The first-order valence-electron chi connectivity index (χ1n) is 8.22. The minimum absolute atomic E-state index is 0.0232. The summed E-state index contributed by atoms with van der Waals surface area (Å²) in [6.07, 6.45) is -0.601. The molecular formula is C17H23Cl3N2O3S. The van der Waals surface area contributed by atoms with Gasteiger partial charge < -0.3 is 5.32 Å². The Balaban J connectivity index is 2.09. The van der Waals surface area contributed by atoms with E-state index in [1.807, 2.05) is 12.1 Å². The Hall–Kier alpha value is -0.530. The highest BCUT2D eigenvalue weighted by Crippen LogP contribution is 2.30. The first-order valence-corrected chi connectivity index (χ1v) is 11.2. The Morgan fingerprint density at radius 1 is 1.15 bits per heavy atom. The lowest BCUT2D eigenvalue weighted by molar-refractivity contribution is 0.0927. The van der Waals surface area contributed by atoms with E-state index in [2.05, 4.69) is 31.4 Å².